The van der Waals surface area contributed by atoms with Crippen LogP contribution in [0.4, 0.5) is 0 Å². The normalized spacial score (nSPS) is 18.0. The van der Waals surface area contributed by atoms with Crippen LogP contribution >= 0.6 is 0 Å². The molecule has 120 valence electrons. The minimum absolute atomic E-state index is 0.0803. The Balaban J connectivity index is 2.40. The summed E-state index contributed by atoms with van der Waals surface area (Å²) in [6, 6.07) is -0.358. The molecule has 0 aromatic rings. The first kappa shape index (κ1) is 17.9. The van der Waals surface area contributed by atoms with E-state index in [0.717, 1.165) is 26.0 Å². The first-order chi connectivity index (χ1) is 10.0. The van der Waals surface area contributed by atoms with Crippen LogP contribution < -0.4 is 5.32 Å². The number of nitrogens with zero attached hydrogens (tertiary/aromatic N) is 1. The summed E-state index contributed by atoms with van der Waals surface area (Å²) in [4.78, 5) is 17.5. The molecule has 0 spiro atoms. The van der Waals surface area contributed by atoms with Gasteiger partial charge in [-0.2, -0.15) is 5.06 Å². The Kier molecular flexibility index (Phi) is 7.64. The third-order valence-electron chi connectivity index (χ3n) is 3.84. The van der Waals surface area contributed by atoms with Crippen molar-refractivity contribution in [1.29, 1.82) is 0 Å². The fourth-order valence-corrected chi connectivity index (χ4v) is 2.44. The van der Waals surface area contributed by atoms with Gasteiger partial charge in [0.05, 0.1) is 18.2 Å². The lowest BCUT2D eigenvalue weighted by molar-refractivity contribution is -0.181. The number of carbonyl (C=O) groups is 1. The molecule has 0 radical (unpaired) electrons. The number of rotatable bonds is 9. The predicted molar refractivity (Wildman–Crippen MR) is 83.6 cm³/mol. The van der Waals surface area contributed by atoms with Crippen molar-refractivity contribution in [1.82, 2.24) is 10.4 Å². The molecule has 1 saturated heterocycles. The van der Waals surface area contributed by atoms with E-state index in [1.165, 1.54) is 0 Å². The van der Waals surface area contributed by atoms with E-state index in [1.807, 2.05) is 12.0 Å². The van der Waals surface area contributed by atoms with Gasteiger partial charge in [0.2, 0.25) is 5.91 Å². The first-order valence-electron chi connectivity index (χ1n) is 7.63. The Morgan fingerprint density at radius 2 is 2.10 bits per heavy atom. The summed E-state index contributed by atoms with van der Waals surface area (Å²) in [6.45, 7) is 11.3. The minimum Gasteiger partial charge on any atom is -0.387 e. The number of hydroxylamine groups is 2. The van der Waals surface area contributed by atoms with Gasteiger partial charge >= 0.3 is 0 Å². The highest BCUT2D eigenvalue weighted by Gasteiger charge is 2.32. The zero-order valence-corrected chi connectivity index (χ0v) is 13.0. The molecule has 1 atom stereocenters. The minimum atomic E-state index is -1.03. The van der Waals surface area contributed by atoms with Gasteiger partial charge in [0, 0.05) is 19.5 Å². The third-order valence-corrected chi connectivity index (χ3v) is 3.84. The Labute approximate surface area is 127 Å². The summed E-state index contributed by atoms with van der Waals surface area (Å²) >= 11 is 0. The van der Waals surface area contributed by atoms with E-state index in [0.29, 0.717) is 25.8 Å². The molecule has 1 aliphatic rings. The smallest absolute Gasteiger partial charge is 0.221 e. The lowest BCUT2D eigenvalue weighted by atomic mass is 9.88. The summed E-state index contributed by atoms with van der Waals surface area (Å²) in [5.74, 6) is -0.0803. The highest BCUT2D eigenvalue weighted by molar-refractivity contribution is 5.76. The number of amides is 1. The Hall–Kier alpha value is -1.17. The fourth-order valence-electron chi connectivity index (χ4n) is 2.44. The number of nitrogens with one attached hydrogen (secondary N) is 1. The van der Waals surface area contributed by atoms with Crippen LogP contribution in [0.25, 0.3) is 0 Å². The van der Waals surface area contributed by atoms with Gasteiger partial charge in [-0.1, -0.05) is 12.2 Å². The lowest BCUT2D eigenvalue weighted by Gasteiger charge is -2.33. The maximum atomic E-state index is 12.0. The Morgan fingerprint density at radius 3 is 2.62 bits per heavy atom. The van der Waals surface area contributed by atoms with Crippen LogP contribution in [0.5, 0.6) is 0 Å². The summed E-state index contributed by atoms with van der Waals surface area (Å²) in [5.41, 5.74) is -1.03. The summed E-state index contributed by atoms with van der Waals surface area (Å²) in [5, 5.41) is 15.3. The standard InChI is InChI=1S/C16H28N2O3/c1-4-9-16(20,10-5-2)14(3)17-15(19)8-12-18-11-6-7-13-21-18/h4-5,14,20H,1-2,6-13H2,3H3,(H,17,19)/t14-/m0/s1. The van der Waals surface area contributed by atoms with Crippen molar-refractivity contribution in [3.05, 3.63) is 25.3 Å². The molecule has 0 aromatic heterocycles. The van der Waals surface area contributed by atoms with Gasteiger partial charge in [0.1, 0.15) is 0 Å². The molecule has 1 rings (SSSR count). The molecule has 0 bridgehead atoms. The zero-order valence-electron chi connectivity index (χ0n) is 13.0. The van der Waals surface area contributed by atoms with Crippen molar-refractivity contribution in [2.24, 2.45) is 0 Å². The second-order valence-corrected chi connectivity index (χ2v) is 5.60. The van der Waals surface area contributed by atoms with E-state index in [9.17, 15) is 9.90 Å². The molecule has 5 nitrogen and oxygen atoms in total. The monoisotopic (exact) mass is 296 g/mol. The van der Waals surface area contributed by atoms with Gasteiger partial charge in [-0.25, -0.2) is 0 Å². The molecule has 1 heterocycles. The maximum Gasteiger partial charge on any atom is 0.221 e. The molecule has 0 saturated carbocycles. The van der Waals surface area contributed by atoms with Crippen molar-refractivity contribution < 1.29 is 14.7 Å². The summed E-state index contributed by atoms with van der Waals surface area (Å²) in [6.07, 6.45) is 6.70. The van der Waals surface area contributed by atoms with Crippen LogP contribution in [0, 0.1) is 0 Å². The zero-order chi connectivity index (χ0) is 15.7. The largest absolute Gasteiger partial charge is 0.387 e. The molecule has 1 fully saturated rings. The second-order valence-electron chi connectivity index (χ2n) is 5.60. The molecule has 2 N–H and O–H groups in total. The third kappa shape index (κ3) is 5.99. The lowest BCUT2D eigenvalue weighted by Crippen LogP contribution is -2.51. The van der Waals surface area contributed by atoms with E-state index in [-0.39, 0.29) is 11.9 Å². The quantitative estimate of drug-likeness (QED) is 0.637. The van der Waals surface area contributed by atoms with Crippen LogP contribution in [0.3, 0.4) is 0 Å². The van der Waals surface area contributed by atoms with Crippen molar-refractivity contribution in [3.8, 4) is 0 Å². The molecule has 0 unspecified atom stereocenters. The van der Waals surface area contributed by atoms with Gasteiger partial charge in [-0.05, 0) is 32.6 Å². The van der Waals surface area contributed by atoms with Crippen LogP contribution in [-0.4, -0.2) is 47.4 Å². The fraction of sp³-hybridized carbons (Fsp3) is 0.688. The van der Waals surface area contributed by atoms with Gasteiger partial charge in [0.15, 0.2) is 0 Å². The molecule has 1 aliphatic heterocycles. The second kappa shape index (κ2) is 8.97. The van der Waals surface area contributed by atoms with Crippen molar-refractivity contribution >= 4 is 5.91 Å². The summed E-state index contributed by atoms with van der Waals surface area (Å²) in [7, 11) is 0. The van der Waals surface area contributed by atoms with Crippen LogP contribution in [0.2, 0.25) is 0 Å². The van der Waals surface area contributed by atoms with Crippen molar-refractivity contribution in [2.45, 2.75) is 50.7 Å². The molecule has 0 aliphatic carbocycles. The Bertz CT molecular complexity index is 341. The SMILES string of the molecule is C=CCC(O)(CC=C)[C@H](C)NC(=O)CCN1CCCCO1. The molecule has 0 aromatic carbocycles. The average Bonchev–Trinajstić information content (AvgIpc) is 2.46. The molecular weight excluding hydrogens is 268 g/mol. The molecule has 5 heteroatoms. The number of hydrogen-bond acceptors (Lipinski definition) is 4. The first-order valence-corrected chi connectivity index (χ1v) is 7.63. The van der Waals surface area contributed by atoms with Crippen molar-refractivity contribution in [2.75, 3.05) is 19.7 Å². The van der Waals surface area contributed by atoms with Crippen LogP contribution in [0.1, 0.15) is 39.0 Å². The van der Waals surface area contributed by atoms with E-state index < -0.39 is 5.60 Å². The summed E-state index contributed by atoms with van der Waals surface area (Å²) < 4.78 is 0. The van der Waals surface area contributed by atoms with E-state index >= 15 is 0 Å². The maximum absolute atomic E-state index is 12.0. The van der Waals surface area contributed by atoms with Crippen molar-refractivity contribution in [3.63, 3.8) is 0 Å². The molecule has 21 heavy (non-hydrogen) atoms. The predicted octanol–water partition coefficient (Wildman–Crippen LogP) is 1.79. The number of carbonyl (C=O) groups excluding carboxylic acids is 1. The molecule has 1 amide bonds. The van der Waals surface area contributed by atoms with E-state index in [1.54, 1.807) is 12.2 Å². The number of hydrogen-bond donors (Lipinski definition) is 2. The van der Waals surface area contributed by atoms with Crippen LogP contribution in [0.15, 0.2) is 25.3 Å². The number of aliphatic hydroxyl groups is 1. The van der Waals surface area contributed by atoms with Gasteiger partial charge in [0.25, 0.3) is 0 Å². The highest BCUT2D eigenvalue weighted by Crippen LogP contribution is 2.21. The van der Waals surface area contributed by atoms with Gasteiger partial charge in [-0.3, -0.25) is 9.63 Å². The van der Waals surface area contributed by atoms with E-state index in [2.05, 4.69) is 18.5 Å². The molecular formula is C16H28N2O3. The topological polar surface area (TPSA) is 61.8 Å². The Morgan fingerprint density at radius 1 is 1.43 bits per heavy atom. The highest BCUT2D eigenvalue weighted by atomic mass is 16.7. The van der Waals surface area contributed by atoms with Gasteiger partial charge < -0.3 is 10.4 Å². The average molecular weight is 296 g/mol. The van der Waals surface area contributed by atoms with Gasteiger partial charge in [-0.15, -0.1) is 13.2 Å². The van der Waals surface area contributed by atoms with E-state index in [4.69, 9.17) is 4.84 Å². The van der Waals surface area contributed by atoms with Crippen LogP contribution in [-0.2, 0) is 9.63 Å².